The molecule has 3 aliphatic rings. The smallest absolute Gasteiger partial charge is 0.415 e. The van der Waals surface area contributed by atoms with E-state index in [9.17, 15) is 27.2 Å². The summed E-state index contributed by atoms with van der Waals surface area (Å²) in [6.45, 7) is 2.08. The molecule has 0 aliphatic carbocycles. The SMILES string of the molecule is O=C(C[N+]12CCC(CC1)[C@H](OC(=O)N(Cc1cc(F)c(F)c(F)c1)c1cccc(F)c1)C2)c1cccs1. The predicted octanol–water partition coefficient (Wildman–Crippen LogP) is 5.94. The van der Waals surface area contributed by atoms with Crippen LogP contribution in [-0.4, -0.2) is 48.6 Å². The number of piperidine rings is 3. The summed E-state index contributed by atoms with van der Waals surface area (Å²) in [5.74, 6) is -4.81. The van der Waals surface area contributed by atoms with Gasteiger partial charge in [0.15, 0.2) is 23.6 Å². The minimum Gasteiger partial charge on any atom is -0.440 e. The van der Waals surface area contributed by atoms with Gasteiger partial charge >= 0.3 is 6.09 Å². The lowest BCUT2D eigenvalue weighted by Crippen LogP contribution is -2.66. The zero-order valence-electron chi connectivity index (χ0n) is 19.8. The van der Waals surface area contributed by atoms with Crippen LogP contribution in [0.5, 0.6) is 0 Å². The van der Waals surface area contributed by atoms with E-state index in [2.05, 4.69) is 0 Å². The summed E-state index contributed by atoms with van der Waals surface area (Å²) in [6, 6.07) is 10.4. The van der Waals surface area contributed by atoms with Crippen LogP contribution in [0.1, 0.15) is 28.1 Å². The van der Waals surface area contributed by atoms with Gasteiger partial charge in [-0.2, -0.15) is 0 Å². The van der Waals surface area contributed by atoms with Crippen molar-refractivity contribution in [3.63, 3.8) is 0 Å². The van der Waals surface area contributed by atoms with Gasteiger partial charge in [0.2, 0.25) is 5.78 Å². The van der Waals surface area contributed by atoms with E-state index in [1.54, 1.807) is 6.07 Å². The Bertz CT molecular complexity index is 1290. The summed E-state index contributed by atoms with van der Waals surface area (Å²) >= 11 is 1.40. The topological polar surface area (TPSA) is 46.6 Å². The lowest BCUT2D eigenvalue weighted by molar-refractivity contribution is -0.938. The van der Waals surface area contributed by atoms with Crippen LogP contribution in [0.2, 0.25) is 0 Å². The minimum atomic E-state index is -1.61. The van der Waals surface area contributed by atoms with Crippen molar-refractivity contribution < 1.29 is 36.4 Å². The van der Waals surface area contributed by atoms with Crippen LogP contribution in [0.3, 0.4) is 0 Å². The highest BCUT2D eigenvalue weighted by Gasteiger charge is 2.49. The molecule has 4 heterocycles. The lowest BCUT2D eigenvalue weighted by atomic mass is 9.83. The lowest BCUT2D eigenvalue weighted by Gasteiger charge is -2.51. The molecule has 194 valence electrons. The monoisotopic (exact) mass is 533 g/mol. The Labute approximate surface area is 215 Å². The fourth-order valence-corrected chi connectivity index (χ4v) is 6.03. The van der Waals surface area contributed by atoms with Crippen molar-refractivity contribution in [3.8, 4) is 0 Å². The van der Waals surface area contributed by atoms with Gasteiger partial charge in [0, 0.05) is 18.8 Å². The number of Topliss-reactive ketones (excluding diaryl/α,β-unsaturated/α-hetero) is 1. The molecule has 6 rings (SSSR count). The molecule has 0 saturated carbocycles. The normalized spacial score (nSPS) is 22.6. The fraction of sp³-hybridized carbons (Fsp3) is 0.333. The number of ketones is 1. The van der Waals surface area contributed by atoms with E-state index in [1.807, 2.05) is 11.4 Å². The summed E-state index contributed by atoms with van der Waals surface area (Å²) in [6.07, 6.45) is 0.315. The van der Waals surface area contributed by atoms with Crippen molar-refractivity contribution in [2.24, 2.45) is 5.92 Å². The number of halogens is 4. The molecule has 3 fully saturated rings. The Hall–Kier alpha value is -3.24. The Balaban J connectivity index is 1.36. The molecule has 3 aliphatic heterocycles. The Morgan fingerprint density at radius 3 is 2.38 bits per heavy atom. The average Bonchev–Trinajstić information content (AvgIpc) is 3.41. The van der Waals surface area contributed by atoms with Gasteiger partial charge in [-0.3, -0.25) is 9.69 Å². The van der Waals surface area contributed by atoms with Gasteiger partial charge in [0.25, 0.3) is 0 Å². The molecule has 1 amide bonds. The number of amides is 1. The van der Waals surface area contributed by atoms with Crippen molar-refractivity contribution in [1.82, 2.24) is 0 Å². The van der Waals surface area contributed by atoms with Gasteiger partial charge in [-0.25, -0.2) is 22.4 Å². The molecule has 1 aromatic heterocycles. The van der Waals surface area contributed by atoms with Gasteiger partial charge in [-0.05, 0) is 47.3 Å². The number of hydrogen-bond acceptors (Lipinski definition) is 4. The number of thiophene rings is 1. The van der Waals surface area contributed by atoms with Crippen molar-refractivity contribution in [2.75, 3.05) is 31.1 Å². The number of rotatable bonds is 7. The maximum atomic E-state index is 14.0. The molecule has 37 heavy (non-hydrogen) atoms. The van der Waals surface area contributed by atoms with Crippen LogP contribution in [0.15, 0.2) is 53.9 Å². The highest BCUT2D eigenvalue weighted by atomic mass is 32.1. The van der Waals surface area contributed by atoms with E-state index in [-0.39, 0.29) is 29.5 Å². The van der Waals surface area contributed by atoms with Crippen molar-refractivity contribution in [2.45, 2.75) is 25.5 Å². The third kappa shape index (κ3) is 5.40. The standard InChI is InChI=1S/C27H25F4N2O3S/c28-19-3-1-4-20(13-19)32(14-17-11-21(29)26(31)22(30)12-17)27(35)36-24-16-33(8-6-18(24)7-9-33)15-23(34)25-5-2-10-37-25/h1-5,10-13,18,24H,6-9,14-16H2/q+1/t18?,24-,33?/m1/s1. The van der Waals surface area contributed by atoms with E-state index < -0.39 is 35.5 Å². The molecule has 0 N–H and O–H groups in total. The van der Waals surface area contributed by atoms with Crippen LogP contribution in [0.25, 0.3) is 0 Å². The number of fused-ring (bicyclic) bond motifs is 3. The van der Waals surface area contributed by atoms with Crippen LogP contribution in [0.4, 0.5) is 28.0 Å². The molecule has 1 atom stereocenters. The zero-order chi connectivity index (χ0) is 26.2. The van der Waals surface area contributed by atoms with Crippen molar-refractivity contribution in [1.29, 1.82) is 0 Å². The van der Waals surface area contributed by atoms with Gasteiger partial charge in [-0.15, -0.1) is 11.3 Å². The Morgan fingerprint density at radius 2 is 1.73 bits per heavy atom. The second-order valence-electron chi connectivity index (χ2n) is 9.73. The number of anilines is 1. The van der Waals surface area contributed by atoms with Crippen LogP contribution in [-0.2, 0) is 11.3 Å². The Morgan fingerprint density at radius 1 is 1.00 bits per heavy atom. The highest BCUT2D eigenvalue weighted by molar-refractivity contribution is 7.12. The largest absolute Gasteiger partial charge is 0.440 e. The molecule has 3 aromatic rings. The summed E-state index contributed by atoms with van der Waals surface area (Å²) in [7, 11) is 0. The zero-order valence-corrected chi connectivity index (χ0v) is 20.7. The average molecular weight is 534 g/mol. The number of nitrogens with zero attached hydrogens (tertiary/aromatic N) is 2. The van der Waals surface area contributed by atoms with Crippen molar-refractivity contribution in [3.05, 3.63) is 87.6 Å². The number of benzene rings is 2. The molecule has 2 aromatic carbocycles. The number of hydrogen-bond donors (Lipinski definition) is 0. The van der Waals surface area contributed by atoms with Crippen molar-refractivity contribution >= 4 is 28.9 Å². The predicted molar refractivity (Wildman–Crippen MR) is 130 cm³/mol. The van der Waals surface area contributed by atoms with Crippen LogP contribution in [0, 0.1) is 29.2 Å². The Kier molecular flexibility index (Phi) is 7.04. The second kappa shape index (κ2) is 10.3. The summed E-state index contributed by atoms with van der Waals surface area (Å²) in [5, 5.41) is 1.86. The van der Waals surface area contributed by atoms with E-state index in [1.165, 1.54) is 29.5 Å². The van der Waals surface area contributed by atoms with Gasteiger partial charge in [-0.1, -0.05) is 12.1 Å². The van der Waals surface area contributed by atoms with E-state index in [4.69, 9.17) is 4.74 Å². The summed E-state index contributed by atoms with van der Waals surface area (Å²) in [5.41, 5.74) is 0.116. The molecule has 2 bridgehead atoms. The molecule has 3 saturated heterocycles. The van der Waals surface area contributed by atoms with E-state index >= 15 is 0 Å². The minimum absolute atomic E-state index is 0.0171. The number of carbonyl (C=O) groups is 2. The quantitative estimate of drug-likeness (QED) is 0.164. The maximum absolute atomic E-state index is 14.0. The van der Waals surface area contributed by atoms with Gasteiger partial charge < -0.3 is 9.22 Å². The maximum Gasteiger partial charge on any atom is 0.415 e. The number of ether oxygens (including phenoxy) is 1. The first-order chi connectivity index (χ1) is 17.7. The summed E-state index contributed by atoms with van der Waals surface area (Å²) in [4.78, 5) is 28.0. The second-order valence-corrected chi connectivity index (χ2v) is 10.7. The first-order valence-corrected chi connectivity index (χ1v) is 12.9. The van der Waals surface area contributed by atoms with Crippen LogP contribution >= 0.6 is 11.3 Å². The fourth-order valence-electron chi connectivity index (χ4n) is 5.38. The highest BCUT2D eigenvalue weighted by Crippen LogP contribution is 2.36. The number of quaternary nitrogens is 1. The third-order valence-corrected chi connectivity index (χ3v) is 8.20. The number of carbonyl (C=O) groups excluding carboxylic acids is 2. The van der Waals surface area contributed by atoms with Crippen LogP contribution < -0.4 is 4.90 Å². The first kappa shape index (κ1) is 25.4. The molecular formula is C27H25F4N2O3S+. The van der Waals surface area contributed by atoms with E-state index in [0.717, 1.165) is 49.0 Å². The van der Waals surface area contributed by atoms with E-state index in [0.29, 0.717) is 22.4 Å². The third-order valence-electron chi connectivity index (χ3n) is 7.29. The molecule has 0 spiro atoms. The molecule has 0 radical (unpaired) electrons. The first-order valence-electron chi connectivity index (χ1n) is 12.0. The molecule has 5 nitrogen and oxygen atoms in total. The van der Waals surface area contributed by atoms with Gasteiger partial charge in [0.05, 0.1) is 30.2 Å². The summed E-state index contributed by atoms with van der Waals surface area (Å²) < 4.78 is 61.6. The van der Waals surface area contributed by atoms with Gasteiger partial charge in [0.1, 0.15) is 18.9 Å². The molecular weight excluding hydrogens is 508 g/mol. The molecule has 10 heteroatoms. The molecule has 0 unspecified atom stereocenters.